The SMILES string of the molecule is CC1(C(=O)C(C#N)c2ccccc2Br)CCCO1. The number of halogens is 1. The summed E-state index contributed by atoms with van der Waals surface area (Å²) >= 11 is 3.39. The zero-order valence-electron chi connectivity index (χ0n) is 10.1. The van der Waals surface area contributed by atoms with Crippen LogP contribution in [0, 0.1) is 11.3 Å². The van der Waals surface area contributed by atoms with Gasteiger partial charge in [0, 0.05) is 11.1 Å². The summed E-state index contributed by atoms with van der Waals surface area (Å²) in [5.41, 5.74) is -0.0999. The summed E-state index contributed by atoms with van der Waals surface area (Å²) in [6.45, 7) is 2.37. The van der Waals surface area contributed by atoms with E-state index < -0.39 is 11.5 Å². The van der Waals surface area contributed by atoms with Gasteiger partial charge in [-0.15, -0.1) is 0 Å². The smallest absolute Gasteiger partial charge is 0.185 e. The Labute approximate surface area is 115 Å². The summed E-state index contributed by atoms with van der Waals surface area (Å²) in [5, 5.41) is 9.30. The van der Waals surface area contributed by atoms with Gasteiger partial charge < -0.3 is 4.74 Å². The van der Waals surface area contributed by atoms with E-state index >= 15 is 0 Å². The first-order chi connectivity index (χ1) is 8.58. The van der Waals surface area contributed by atoms with Crippen LogP contribution in [-0.4, -0.2) is 18.0 Å². The van der Waals surface area contributed by atoms with Crippen molar-refractivity contribution < 1.29 is 9.53 Å². The van der Waals surface area contributed by atoms with Crippen molar-refractivity contribution in [1.82, 2.24) is 0 Å². The molecule has 1 aliphatic rings. The highest BCUT2D eigenvalue weighted by molar-refractivity contribution is 9.10. The molecule has 1 aliphatic heterocycles. The van der Waals surface area contributed by atoms with E-state index in [1.54, 1.807) is 13.0 Å². The highest BCUT2D eigenvalue weighted by Crippen LogP contribution is 2.34. The Bertz CT molecular complexity index is 501. The highest BCUT2D eigenvalue weighted by atomic mass is 79.9. The summed E-state index contributed by atoms with van der Waals surface area (Å²) in [4.78, 5) is 12.5. The number of hydrogen-bond acceptors (Lipinski definition) is 3. The monoisotopic (exact) mass is 307 g/mol. The van der Waals surface area contributed by atoms with Crippen LogP contribution in [0.2, 0.25) is 0 Å². The van der Waals surface area contributed by atoms with Gasteiger partial charge in [-0.1, -0.05) is 34.1 Å². The zero-order chi connectivity index (χ0) is 13.2. The molecule has 2 rings (SSSR count). The lowest BCUT2D eigenvalue weighted by Gasteiger charge is -2.24. The molecule has 3 nitrogen and oxygen atoms in total. The molecule has 2 atom stereocenters. The number of nitriles is 1. The molecule has 0 saturated carbocycles. The maximum absolute atomic E-state index is 12.5. The van der Waals surface area contributed by atoms with Gasteiger partial charge in [-0.3, -0.25) is 4.79 Å². The second-order valence-electron chi connectivity index (χ2n) is 4.63. The molecule has 0 aliphatic carbocycles. The molecule has 18 heavy (non-hydrogen) atoms. The van der Waals surface area contributed by atoms with Gasteiger partial charge in [-0.25, -0.2) is 0 Å². The van der Waals surface area contributed by atoms with E-state index in [1.165, 1.54) is 0 Å². The van der Waals surface area contributed by atoms with Crippen molar-refractivity contribution in [2.45, 2.75) is 31.3 Å². The lowest BCUT2D eigenvalue weighted by atomic mass is 9.85. The van der Waals surface area contributed by atoms with E-state index in [4.69, 9.17) is 4.74 Å². The normalized spacial score (nSPS) is 24.5. The summed E-state index contributed by atoms with van der Waals surface area (Å²) in [5.74, 6) is -0.918. The van der Waals surface area contributed by atoms with Crippen LogP contribution in [0.1, 0.15) is 31.2 Å². The molecule has 0 radical (unpaired) electrons. The molecule has 1 aromatic rings. The Morgan fingerprint density at radius 3 is 2.83 bits per heavy atom. The quantitative estimate of drug-likeness (QED) is 0.861. The third kappa shape index (κ3) is 2.33. The molecule has 0 bridgehead atoms. The summed E-state index contributed by atoms with van der Waals surface area (Å²) in [6, 6.07) is 9.43. The number of ether oxygens (including phenoxy) is 1. The Hall–Kier alpha value is -1.18. The van der Waals surface area contributed by atoms with Crippen LogP contribution < -0.4 is 0 Å². The molecule has 0 N–H and O–H groups in total. The highest BCUT2D eigenvalue weighted by Gasteiger charge is 2.42. The van der Waals surface area contributed by atoms with Crippen LogP contribution >= 0.6 is 15.9 Å². The largest absolute Gasteiger partial charge is 0.367 e. The van der Waals surface area contributed by atoms with Crippen molar-refractivity contribution in [3.8, 4) is 6.07 Å². The third-order valence-corrected chi connectivity index (χ3v) is 4.07. The first-order valence-corrected chi connectivity index (χ1v) is 6.70. The van der Waals surface area contributed by atoms with Crippen LogP contribution in [-0.2, 0) is 9.53 Å². The van der Waals surface area contributed by atoms with Gasteiger partial charge in [0.25, 0.3) is 0 Å². The molecular weight excluding hydrogens is 294 g/mol. The predicted octanol–water partition coefficient (Wildman–Crippen LogP) is 3.19. The first kappa shape index (κ1) is 13.3. The molecular formula is C14H14BrNO2. The minimum absolute atomic E-state index is 0.144. The first-order valence-electron chi connectivity index (χ1n) is 5.91. The maximum Gasteiger partial charge on any atom is 0.185 e. The van der Waals surface area contributed by atoms with Crippen LogP contribution in [0.5, 0.6) is 0 Å². The Balaban J connectivity index is 2.33. The molecule has 94 valence electrons. The second kappa shape index (κ2) is 5.21. The lowest BCUT2D eigenvalue weighted by Crippen LogP contribution is -2.38. The number of ketones is 1. The number of Topliss-reactive ketones (excluding diaryl/α,β-unsaturated/α-hetero) is 1. The van der Waals surface area contributed by atoms with Gasteiger partial charge in [0.1, 0.15) is 11.5 Å². The van der Waals surface area contributed by atoms with Crippen molar-refractivity contribution in [1.29, 1.82) is 5.26 Å². The number of hydrogen-bond donors (Lipinski definition) is 0. The third-order valence-electron chi connectivity index (χ3n) is 3.35. The molecule has 2 unspecified atom stereocenters. The molecule has 1 heterocycles. The molecule has 1 aromatic carbocycles. The van der Waals surface area contributed by atoms with E-state index in [9.17, 15) is 10.1 Å². The Kier molecular flexibility index (Phi) is 3.84. The minimum atomic E-state index is -0.810. The average Bonchev–Trinajstić information content (AvgIpc) is 2.81. The fourth-order valence-corrected chi connectivity index (χ4v) is 2.77. The van der Waals surface area contributed by atoms with Gasteiger partial charge in [0.15, 0.2) is 5.78 Å². The molecule has 0 amide bonds. The van der Waals surface area contributed by atoms with Crippen molar-refractivity contribution >= 4 is 21.7 Å². The average molecular weight is 308 g/mol. The van der Waals surface area contributed by atoms with Gasteiger partial charge in [-0.05, 0) is 31.4 Å². The van der Waals surface area contributed by atoms with Gasteiger partial charge >= 0.3 is 0 Å². The molecule has 1 saturated heterocycles. The molecule has 0 spiro atoms. The van der Waals surface area contributed by atoms with Crippen LogP contribution in [0.15, 0.2) is 28.7 Å². The summed E-state index contributed by atoms with van der Waals surface area (Å²) < 4.78 is 6.31. The topological polar surface area (TPSA) is 50.1 Å². The molecule has 0 aromatic heterocycles. The van der Waals surface area contributed by atoms with Gasteiger partial charge in [0.05, 0.1) is 6.07 Å². The van der Waals surface area contributed by atoms with E-state index in [-0.39, 0.29) is 5.78 Å². The van der Waals surface area contributed by atoms with E-state index in [0.717, 1.165) is 10.9 Å². The number of rotatable bonds is 3. The van der Waals surface area contributed by atoms with Crippen LogP contribution in [0.25, 0.3) is 0 Å². The van der Waals surface area contributed by atoms with E-state index in [2.05, 4.69) is 22.0 Å². The van der Waals surface area contributed by atoms with E-state index in [0.29, 0.717) is 18.6 Å². The van der Waals surface area contributed by atoms with Crippen molar-refractivity contribution in [2.75, 3.05) is 6.61 Å². The van der Waals surface area contributed by atoms with Crippen molar-refractivity contribution in [2.24, 2.45) is 0 Å². The zero-order valence-corrected chi connectivity index (χ0v) is 11.7. The minimum Gasteiger partial charge on any atom is -0.367 e. The predicted molar refractivity (Wildman–Crippen MR) is 71.1 cm³/mol. The summed E-state index contributed by atoms with van der Waals surface area (Å²) in [6.07, 6.45) is 1.56. The maximum atomic E-state index is 12.5. The number of nitrogens with zero attached hydrogens (tertiary/aromatic N) is 1. The number of carbonyl (C=O) groups is 1. The fourth-order valence-electron chi connectivity index (χ4n) is 2.26. The van der Waals surface area contributed by atoms with Crippen LogP contribution in [0.4, 0.5) is 0 Å². The Morgan fingerprint density at radius 1 is 1.56 bits per heavy atom. The standard InChI is InChI=1S/C14H14BrNO2/c1-14(7-4-8-18-14)13(17)11(9-16)10-5-2-3-6-12(10)15/h2-3,5-6,11H,4,7-8H2,1H3. The number of carbonyl (C=O) groups excluding carboxylic acids is 1. The van der Waals surface area contributed by atoms with Gasteiger partial charge in [-0.2, -0.15) is 5.26 Å². The lowest BCUT2D eigenvalue weighted by molar-refractivity contribution is -0.137. The van der Waals surface area contributed by atoms with Crippen LogP contribution in [0.3, 0.4) is 0 Å². The number of benzene rings is 1. The molecule has 1 fully saturated rings. The van der Waals surface area contributed by atoms with Gasteiger partial charge in [0.2, 0.25) is 0 Å². The fraction of sp³-hybridized carbons (Fsp3) is 0.429. The molecule has 4 heteroatoms. The van der Waals surface area contributed by atoms with E-state index in [1.807, 2.05) is 18.2 Å². The second-order valence-corrected chi connectivity index (χ2v) is 5.49. The Morgan fingerprint density at radius 2 is 2.28 bits per heavy atom. The summed E-state index contributed by atoms with van der Waals surface area (Å²) in [7, 11) is 0. The van der Waals surface area contributed by atoms with Crippen molar-refractivity contribution in [3.05, 3.63) is 34.3 Å². The van der Waals surface area contributed by atoms with Crippen molar-refractivity contribution in [3.63, 3.8) is 0 Å².